The van der Waals surface area contributed by atoms with E-state index in [4.69, 9.17) is 4.74 Å². The van der Waals surface area contributed by atoms with E-state index in [-0.39, 0.29) is 41.7 Å². The second-order valence-electron chi connectivity index (χ2n) is 10.2. The fraction of sp³-hybridized carbons (Fsp3) is 0.750. The summed E-state index contributed by atoms with van der Waals surface area (Å²) < 4.78 is 5.86. The predicted octanol–water partition coefficient (Wildman–Crippen LogP) is 2.95. The van der Waals surface area contributed by atoms with Crippen LogP contribution in [0.1, 0.15) is 72.1 Å². The Morgan fingerprint density at radius 1 is 1.13 bits per heavy atom. The van der Waals surface area contributed by atoms with Gasteiger partial charge in [0.15, 0.2) is 5.60 Å². The number of fused-ring (bicyclic) bond motifs is 5. The second kappa shape index (κ2) is 7.11. The van der Waals surface area contributed by atoms with E-state index in [2.05, 4.69) is 13.8 Å². The van der Waals surface area contributed by atoms with Gasteiger partial charge in [0.05, 0.1) is 0 Å². The van der Waals surface area contributed by atoms with Gasteiger partial charge in [-0.2, -0.15) is 0 Å². The van der Waals surface area contributed by atoms with Gasteiger partial charge in [0.25, 0.3) is 0 Å². The molecule has 0 aromatic carbocycles. The predicted molar refractivity (Wildman–Crippen MR) is 108 cm³/mol. The number of ether oxygens (including phenoxy) is 1. The van der Waals surface area contributed by atoms with Crippen molar-refractivity contribution in [2.45, 2.75) is 77.7 Å². The number of carbonyl (C=O) groups excluding carboxylic acids is 4. The van der Waals surface area contributed by atoms with Crippen molar-refractivity contribution in [2.75, 3.05) is 6.61 Å². The first kappa shape index (κ1) is 21.4. The summed E-state index contributed by atoms with van der Waals surface area (Å²) in [6.45, 7) is 5.26. The van der Waals surface area contributed by atoms with E-state index in [0.717, 1.165) is 31.3 Å². The highest BCUT2D eigenvalue weighted by Gasteiger charge is 2.68. The SMILES string of the molecule is CCC(=O)O[C@]1(C(=O)CO)CC[C@H]2[C@@H]3CCC4=CC(=O)C(=O)C[C@]4(C)[C@H]3CC[C@@]21C. The molecule has 30 heavy (non-hydrogen) atoms. The number of rotatable bonds is 4. The Morgan fingerprint density at radius 3 is 2.50 bits per heavy atom. The van der Waals surface area contributed by atoms with Crippen LogP contribution >= 0.6 is 0 Å². The highest BCUT2D eigenvalue weighted by atomic mass is 16.6. The molecule has 4 aliphatic carbocycles. The van der Waals surface area contributed by atoms with Gasteiger partial charge in [0.2, 0.25) is 17.3 Å². The van der Waals surface area contributed by atoms with Gasteiger partial charge < -0.3 is 9.84 Å². The summed E-state index contributed by atoms with van der Waals surface area (Å²) in [5.74, 6) is -0.714. The topological polar surface area (TPSA) is 97.7 Å². The number of ketones is 3. The Kier molecular flexibility index (Phi) is 5.08. The van der Waals surface area contributed by atoms with Crippen molar-refractivity contribution in [2.24, 2.45) is 28.6 Å². The lowest BCUT2D eigenvalue weighted by atomic mass is 9.46. The number of esters is 1. The third-order valence-electron chi connectivity index (χ3n) is 9.13. The van der Waals surface area contributed by atoms with E-state index in [1.807, 2.05) is 0 Å². The van der Waals surface area contributed by atoms with Gasteiger partial charge in [0.1, 0.15) is 6.61 Å². The average Bonchev–Trinajstić information content (AvgIpc) is 3.01. The normalized spacial score (nSPS) is 42.7. The first-order valence-corrected chi connectivity index (χ1v) is 11.3. The van der Waals surface area contributed by atoms with Crippen LogP contribution in [0.5, 0.6) is 0 Å². The van der Waals surface area contributed by atoms with Gasteiger partial charge in [-0.1, -0.05) is 26.3 Å². The van der Waals surface area contributed by atoms with E-state index >= 15 is 0 Å². The summed E-state index contributed by atoms with van der Waals surface area (Å²) in [6.07, 6.45) is 6.47. The molecule has 0 heterocycles. The minimum absolute atomic E-state index is 0.183. The van der Waals surface area contributed by atoms with Crippen molar-refractivity contribution in [3.05, 3.63) is 11.6 Å². The first-order chi connectivity index (χ1) is 14.1. The summed E-state index contributed by atoms with van der Waals surface area (Å²) in [6, 6.07) is 0. The van der Waals surface area contributed by atoms with Gasteiger partial charge in [0, 0.05) is 18.3 Å². The number of carbonyl (C=O) groups is 4. The van der Waals surface area contributed by atoms with Crippen LogP contribution in [0.25, 0.3) is 0 Å². The number of aliphatic hydroxyl groups excluding tert-OH is 1. The fourth-order valence-electron chi connectivity index (χ4n) is 7.54. The molecule has 6 heteroatoms. The highest BCUT2D eigenvalue weighted by Crippen LogP contribution is 2.68. The molecule has 4 rings (SSSR count). The van der Waals surface area contributed by atoms with Crippen molar-refractivity contribution in [1.29, 1.82) is 0 Å². The molecule has 3 fully saturated rings. The van der Waals surface area contributed by atoms with Gasteiger partial charge in [-0.15, -0.1) is 0 Å². The van der Waals surface area contributed by atoms with Crippen LogP contribution in [0.4, 0.5) is 0 Å². The summed E-state index contributed by atoms with van der Waals surface area (Å²) in [5, 5.41) is 9.71. The molecule has 1 N–H and O–H groups in total. The van der Waals surface area contributed by atoms with Crippen molar-refractivity contribution < 1.29 is 29.0 Å². The first-order valence-electron chi connectivity index (χ1n) is 11.3. The van der Waals surface area contributed by atoms with Crippen LogP contribution in [0.3, 0.4) is 0 Å². The number of aliphatic hydroxyl groups is 1. The Balaban J connectivity index is 1.71. The maximum atomic E-state index is 13.0. The standard InChI is InChI=1S/C24H32O6/c1-4-21(29)30-24(20(28)13-25)10-8-17-15-6-5-14-11-18(26)19(27)12-22(14,2)16(15)7-9-23(17,24)3/h11,15-17,25H,4-10,12-13H2,1-3H3/t15-,16+,17+,22+,23+,24+/m1/s1. The Labute approximate surface area is 177 Å². The summed E-state index contributed by atoms with van der Waals surface area (Å²) in [4.78, 5) is 49.5. The lowest BCUT2D eigenvalue weighted by molar-refractivity contribution is -0.191. The minimum atomic E-state index is -1.26. The Hall–Kier alpha value is -1.82. The fourth-order valence-corrected chi connectivity index (χ4v) is 7.54. The summed E-state index contributed by atoms with van der Waals surface area (Å²) in [5.41, 5.74) is -0.989. The van der Waals surface area contributed by atoms with Gasteiger partial charge >= 0.3 is 5.97 Å². The quantitative estimate of drug-likeness (QED) is 0.559. The van der Waals surface area contributed by atoms with Crippen LogP contribution in [-0.4, -0.2) is 40.6 Å². The Bertz CT molecular complexity index is 843. The maximum Gasteiger partial charge on any atom is 0.306 e. The highest BCUT2D eigenvalue weighted by molar-refractivity contribution is 6.42. The van der Waals surface area contributed by atoms with Crippen molar-refractivity contribution >= 4 is 23.3 Å². The molecule has 164 valence electrons. The van der Waals surface area contributed by atoms with Crippen LogP contribution < -0.4 is 0 Å². The van der Waals surface area contributed by atoms with Crippen molar-refractivity contribution in [1.82, 2.24) is 0 Å². The van der Waals surface area contributed by atoms with Crippen LogP contribution in [0.15, 0.2) is 11.6 Å². The zero-order chi connectivity index (χ0) is 21.9. The third kappa shape index (κ3) is 2.72. The van der Waals surface area contributed by atoms with Gasteiger partial charge in [-0.25, -0.2) is 0 Å². The van der Waals surface area contributed by atoms with E-state index in [9.17, 15) is 24.3 Å². The molecule has 0 saturated heterocycles. The number of hydrogen-bond donors (Lipinski definition) is 1. The zero-order valence-electron chi connectivity index (χ0n) is 18.2. The second-order valence-corrected chi connectivity index (χ2v) is 10.2. The summed E-state index contributed by atoms with van der Waals surface area (Å²) in [7, 11) is 0. The van der Waals surface area contributed by atoms with E-state index in [0.29, 0.717) is 18.8 Å². The molecule has 0 aromatic rings. The Morgan fingerprint density at radius 2 is 1.83 bits per heavy atom. The van der Waals surface area contributed by atoms with Gasteiger partial charge in [-0.05, 0) is 67.8 Å². The molecular formula is C24H32O6. The molecule has 4 aliphatic rings. The smallest absolute Gasteiger partial charge is 0.306 e. The molecule has 6 atom stereocenters. The van der Waals surface area contributed by atoms with Gasteiger partial charge in [-0.3, -0.25) is 19.2 Å². The molecule has 0 aliphatic heterocycles. The van der Waals surface area contributed by atoms with Crippen LogP contribution in [0, 0.1) is 28.6 Å². The lowest BCUT2D eigenvalue weighted by Crippen LogP contribution is -2.60. The maximum absolute atomic E-state index is 13.0. The largest absolute Gasteiger partial charge is 0.450 e. The average molecular weight is 417 g/mol. The van der Waals surface area contributed by atoms with Crippen molar-refractivity contribution in [3.63, 3.8) is 0 Å². The van der Waals surface area contributed by atoms with E-state index in [1.165, 1.54) is 0 Å². The molecule has 0 aromatic heterocycles. The zero-order valence-corrected chi connectivity index (χ0v) is 18.2. The minimum Gasteiger partial charge on any atom is -0.450 e. The van der Waals surface area contributed by atoms with E-state index < -0.39 is 29.4 Å². The summed E-state index contributed by atoms with van der Waals surface area (Å²) >= 11 is 0. The third-order valence-corrected chi connectivity index (χ3v) is 9.13. The number of hydrogen-bond acceptors (Lipinski definition) is 6. The lowest BCUT2D eigenvalue weighted by Gasteiger charge is -2.58. The number of Topliss-reactive ketones (excluding diaryl/α,β-unsaturated/α-hetero) is 2. The van der Waals surface area contributed by atoms with Crippen molar-refractivity contribution in [3.8, 4) is 0 Å². The molecule has 6 nitrogen and oxygen atoms in total. The molecule has 0 spiro atoms. The molecular weight excluding hydrogens is 384 g/mol. The molecule has 3 saturated carbocycles. The van der Waals surface area contributed by atoms with Crippen LogP contribution in [0.2, 0.25) is 0 Å². The van der Waals surface area contributed by atoms with E-state index in [1.54, 1.807) is 13.0 Å². The van der Waals surface area contributed by atoms with Crippen LogP contribution in [-0.2, 0) is 23.9 Å². The molecule has 0 unspecified atom stereocenters. The molecule has 0 radical (unpaired) electrons. The monoisotopic (exact) mass is 416 g/mol. The number of allylic oxidation sites excluding steroid dienone is 1. The molecule has 0 bridgehead atoms. The molecule has 0 amide bonds.